The maximum absolute atomic E-state index is 12.9. The van der Waals surface area contributed by atoms with Crippen molar-refractivity contribution in [1.29, 1.82) is 0 Å². The number of nitrogens with zero attached hydrogens (tertiary/aromatic N) is 1. The van der Waals surface area contributed by atoms with Crippen LogP contribution < -0.4 is 10.6 Å². The number of aromatic nitrogens is 1. The molecule has 0 saturated heterocycles. The third-order valence-corrected chi connectivity index (χ3v) is 3.60. The SMILES string of the molecule is O=C(Nc1ccc(F)cc1)c1ccc(Nc2ccc(C(F)(F)F)cc2)cn1. The largest absolute Gasteiger partial charge is 0.416 e. The summed E-state index contributed by atoms with van der Waals surface area (Å²) < 4.78 is 50.5. The van der Waals surface area contributed by atoms with Crippen LogP contribution in [0, 0.1) is 5.82 Å². The fraction of sp³-hybridized carbons (Fsp3) is 0.0526. The Hall–Kier alpha value is -3.42. The Bertz CT molecular complexity index is 921. The van der Waals surface area contributed by atoms with Crippen molar-refractivity contribution in [2.24, 2.45) is 0 Å². The summed E-state index contributed by atoms with van der Waals surface area (Å²) in [4.78, 5) is 16.1. The maximum atomic E-state index is 12.9. The van der Waals surface area contributed by atoms with Crippen LogP contribution in [0.3, 0.4) is 0 Å². The lowest BCUT2D eigenvalue weighted by Crippen LogP contribution is -2.13. The zero-order chi connectivity index (χ0) is 19.4. The van der Waals surface area contributed by atoms with Crippen molar-refractivity contribution >= 4 is 23.0 Å². The van der Waals surface area contributed by atoms with E-state index < -0.39 is 23.5 Å². The van der Waals surface area contributed by atoms with Gasteiger partial charge in [-0.05, 0) is 60.7 Å². The first-order valence-electron chi connectivity index (χ1n) is 7.78. The van der Waals surface area contributed by atoms with E-state index >= 15 is 0 Å². The van der Waals surface area contributed by atoms with E-state index in [-0.39, 0.29) is 5.69 Å². The quantitative estimate of drug-likeness (QED) is 0.614. The smallest absolute Gasteiger partial charge is 0.354 e. The van der Waals surface area contributed by atoms with Gasteiger partial charge in [-0.2, -0.15) is 13.2 Å². The van der Waals surface area contributed by atoms with Gasteiger partial charge in [-0.25, -0.2) is 9.37 Å². The minimum Gasteiger partial charge on any atom is -0.354 e. The third-order valence-electron chi connectivity index (χ3n) is 3.60. The van der Waals surface area contributed by atoms with Crippen LogP contribution in [0.25, 0.3) is 0 Å². The highest BCUT2D eigenvalue weighted by molar-refractivity contribution is 6.02. The van der Waals surface area contributed by atoms with E-state index in [2.05, 4.69) is 15.6 Å². The molecule has 0 atom stereocenters. The van der Waals surface area contributed by atoms with Gasteiger partial charge in [-0.3, -0.25) is 4.79 Å². The molecule has 0 spiro atoms. The molecule has 1 heterocycles. The van der Waals surface area contributed by atoms with Gasteiger partial charge < -0.3 is 10.6 Å². The summed E-state index contributed by atoms with van der Waals surface area (Å²) in [6.45, 7) is 0. The zero-order valence-corrected chi connectivity index (χ0v) is 13.7. The van der Waals surface area contributed by atoms with Gasteiger partial charge in [0.15, 0.2) is 0 Å². The number of carbonyl (C=O) groups excluding carboxylic acids is 1. The van der Waals surface area contributed by atoms with Gasteiger partial charge in [0, 0.05) is 11.4 Å². The Morgan fingerprint density at radius 3 is 1.96 bits per heavy atom. The third kappa shape index (κ3) is 4.81. The molecular formula is C19H13F4N3O. The normalized spacial score (nSPS) is 11.1. The molecule has 1 amide bonds. The van der Waals surface area contributed by atoms with Crippen molar-refractivity contribution < 1.29 is 22.4 Å². The number of halogens is 4. The fourth-order valence-electron chi connectivity index (χ4n) is 2.24. The first-order chi connectivity index (χ1) is 12.8. The molecule has 0 aliphatic rings. The van der Waals surface area contributed by atoms with Gasteiger partial charge in [0.05, 0.1) is 17.4 Å². The van der Waals surface area contributed by atoms with Crippen LogP contribution >= 0.6 is 0 Å². The lowest BCUT2D eigenvalue weighted by Gasteiger charge is -2.10. The van der Waals surface area contributed by atoms with E-state index in [9.17, 15) is 22.4 Å². The first kappa shape index (κ1) is 18.4. The summed E-state index contributed by atoms with van der Waals surface area (Å²) in [7, 11) is 0. The molecular weight excluding hydrogens is 362 g/mol. The molecule has 0 saturated carbocycles. The number of alkyl halides is 3. The number of pyridine rings is 1. The number of rotatable bonds is 4. The van der Waals surface area contributed by atoms with Gasteiger partial charge in [-0.1, -0.05) is 0 Å². The van der Waals surface area contributed by atoms with E-state index in [1.165, 1.54) is 48.7 Å². The minimum absolute atomic E-state index is 0.136. The number of hydrogen-bond acceptors (Lipinski definition) is 3. The van der Waals surface area contributed by atoms with Crippen molar-refractivity contribution in [3.63, 3.8) is 0 Å². The molecule has 4 nitrogen and oxygen atoms in total. The van der Waals surface area contributed by atoms with Crippen molar-refractivity contribution in [2.45, 2.75) is 6.18 Å². The van der Waals surface area contributed by atoms with E-state index in [0.29, 0.717) is 17.1 Å². The number of anilines is 3. The number of nitrogens with one attached hydrogen (secondary N) is 2. The summed E-state index contributed by atoms with van der Waals surface area (Å²) in [6.07, 6.45) is -3.00. The Labute approximate surface area is 151 Å². The molecule has 1 aromatic heterocycles. The standard InChI is InChI=1S/C19H13F4N3O/c20-13-3-7-15(8-4-13)26-18(27)17-10-9-16(11-24-17)25-14-5-1-12(2-6-14)19(21,22)23/h1-11,25H,(H,26,27). The van der Waals surface area contributed by atoms with Crippen molar-refractivity contribution in [1.82, 2.24) is 4.98 Å². The van der Waals surface area contributed by atoms with Gasteiger partial charge in [0.25, 0.3) is 5.91 Å². The molecule has 2 aromatic carbocycles. The zero-order valence-electron chi connectivity index (χ0n) is 13.7. The molecule has 0 unspecified atom stereocenters. The van der Waals surface area contributed by atoms with E-state index in [1.807, 2.05) is 0 Å². The number of benzene rings is 2. The van der Waals surface area contributed by atoms with Crippen LogP contribution in [0.15, 0.2) is 66.9 Å². The Morgan fingerprint density at radius 2 is 1.41 bits per heavy atom. The van der Waals surface area contributed by atoms with E-state index in [4.69, 9.17) is 0 Å². The average molecular weight is 375 g/mol. The van der Waals surface area contributed by atoms with Gasteiger partial charge in [-0.15, -0.1) is 0 Å². The van der Waals surface area contributed by atoms with Crippen LogP contribution in [0.5, 0.6) is 0 Å². The summed E-state index contributed by atoms with van der Waals surface area (Å²) in [5.41, 5.74) is 0.785. The van der Waals surface area contributed by atoms with Crippen molar-refractivity contribution in [3.05, 3.63) is 83.9 Å². The van der Waals surface area contributed by atoms with Gasteiger partial charge in [0.1, 0.15) is 11.5 Å². The summed E-state index contributed by atoms with van der Waals surface area (Å²) in [5.74, 6) is -0.882. The summed E-state index contributed by atoms with van der Waals surface area (Å²) in [6, 6.07) is 12.9. The fourth-order valence-corrected chi connectivity index (χ4v) is 2.24. The minimum atomic E-state index is -4.39. The molecule has 0 bridgehead atoms. The second kappa shape index (κ2) is 7.45. The lowest BCUT2D eigenvalue weighted by atomic mass is 10.2. The molecule has 3 aromatic rings. The van der Waals surface area contributed by atoms with Gasteiger partial charge in [0.2, 0.25) is 0 Å². The summed E-state index contributed by atoms with van der Waals surface area (Å²) in [5, 5.41) is 5.48. The van der Waals surface area contributed by atoms with Gasteiger partial charge >= 0.3 is 6.18 Å². The number of hydrogen-bond donors (Lipinski definition) is 2. The van der Waals surface area contributed by atoms with E-state index in [1.54, 1.807) is 6.07 Å². The molecule has 8 heteroatoms. The van der Waals surface area contributed by atoms with E-state index in [0.717, 1.165) is 12.1 Å². The topological polar surface area (TPSA) is 54.0 Å². The Morgan fingerprint density at radius 1 is 0.815 bits per heavy atom. The van der Waals surface area contributed by atoms with Crippen LogP contribution in [0.4, 0.5) is 34.6 Å². The molecule has 0 fully saturated rings. The molecule has 0 radical (unpaired) electrons. The van der Waals surface area contributed by atoms with Crippen molar-refractivity contribution in [2.75, 3.05) is 10.6 Å². The lowest BCUT2D eigenvalue weighted by molar-refractivity contribution is -0.137. The first-order valence-corrected chi connectivity index (χ1v) is 7.78. The second-order valence-electron chi connectivity index (χ2n) is 5.59. The van der Waals surface area contributed by atoms with Crippen LogP contribution in [0.1, 0.15) is 16.1 Å². The highest BCUT2D eigenvalue weighted by Crippen LogP contribution is 2.30. The highest BCUT2D eigenvalue weighted by Gasteiger charge is 2.29. The number of amides is 1. The molecule has 0 aliphatic carbocycles. The maximum Gasteiger partial charge on any atom is 0.416 e. The Kier molecular flexibility index (Phi) is 5.07. The average Bonchev–Trinajstić information content (AvgIpc) is 2.64. The molecule has 0 aliphatic heterocycles. The van der Waals surface area contributed by atoms with Crippen molar-refractivity contribution in [3.8, 4) is 0 Å². The molecule has 138 valence electrons. The summed E-state index contributed by atoms with van der Waals surface area (Å²) >= 11 is 0. The van der Waals surface area contributed by atoms with Crippen LogP contribution in [-0.2, 0) is 6.18 Å². The molecule has 27 heavy (non-hydrogen) atoms. The van der Waals surface area contributed by atoms with Crippen LogP contribution in [0.2, 0.25) is 0 Å². The molecule has 2 N–H and O–H groups in total. The second-order valence-corrected chi connectivity index (χ2v) is 5.59. The predicted octanol–water partition coefficient (Wildman–Crippen LogP) is 5.24. The monoisotopic (exact) mass is 375 g/mol. The molecule has 3 rings (SSSR count). The predicted molar refractivity (Wildman–Crippen MR) is 93.3 cm³/mol. The number of carbonyl (C=O) groups is 1. The Balaban J connectivity index is 1.64. The highest BCUT2D eigenvalue weighted by atomic mass is 19.4. The van der Waals surface area contributed by atoms with Crippen LogP contribution in [-0.4, -0.2) is 10.9 Å².